The Morgan fingerprint density at radius 1 is 1.50 bits per heavy atom. The monoisotopic (exact) mass is 279 g/mol. The number of piperazine rings is 1. The van der Waals surface area contributed by atoms with Crippen LogP contribution in [-0.4, -0.2) is 48.9 Å². The molecule has 1 aromatic heterocycles. The van der Waals surface area contributed by atoms with Gasteiger partial charge >= 0.3 is 5.63 Å². The summed E-state index contributed by atoms with van der Waals surface area (Å²) in [7, 11) is 0. The van der Waals surface area contributed by atoms with Crippen molar-refractivity contribution in [2.45, 2.75) is 13.0 Å². The molecule has 1 aromatic rings. The first kappa shape index (κ1) is 14.3. The molecule has 1 aliphatic rings. The van der Waals surface area contributed by atoms with Crippen molar-refractivity contribution in [3.63, 3.8) is 0 Å². The molecule has 7 heteroatoms. The Labute approximate surface area is 115 Å². The van der Waals surface area contributed by atoms with Crippen LogP contribution in [0, 0.1) is 0 Å². The number of rotatable bonds is 3. The van der Waals surface area contributed by atoms with Gasteiger partial charge in [0.05, 0.1) is 5.56 Å². The SMILES string of the molecule is CCNC(=O)C1CNCCN1C(=O)c1ccc(=O)oc1. The average Bonchev–Trinajstić information content (AvgIpc) is 2.47. The van der Waals surface area contributed by atoms with E-state index in [2.05, 4.69) is 10.6 Å². The summed E-state index contributed by atoms with van der Waals surface area (Å²) in [6, 6.07) is 2.05. The lowest BCUT2D eigenvalue weighted by Gasteiger charge is -2.35. The molecule has 0 radical (unpaired) electrons. The van der Waals surface area contributed by atoms with Crippen LogP contribution in [0.3, 0.4) is 0 Å². The first-order valence-corrected chi connectivity index (χ1v) is 6.51. The first-order chi connectivity index (χ1) is 9.63. The summed E-state index contributed by atoms with van der Waals surface area (Å²) < 4.78 is 4.69. The van der Waals surface area contributed by atoms with Gasteiger partial charge in [0, 0.05) is 32.2 Å². The van der Waals surface area contributed by atoms with Gasteiger partial charge in [0.25, 0.3) is 5.91 Å². The number of likely N-dealkylation sites (N-methyl/N-ethyl adjacent to an activating group) is 1. The first-order valence-electron chi connectivity index (χ1n) is 6.51. The maximum Gasteiger partial charge on any atom is 0.335 e. The Bertz CT molecular complexity index is 534. The summed E-state index contributed by atoms with van der Waals surface area (Å²) in [6.45, 7) is 3.80. The molecular formula is C13H17N3O4. The van der Waals surface area contributed by atoms with Gasteiger partial charge in [-0.1, -0.05) is 0 Å². The topological polar surface area (TPSA) is 91.7 Å². The van der Waals surface area contributed by atoms with Crippen LogP contribution < -0.4 is 16.3 Å². The van der Waals surface area contributed by atoms with Crippen LogP contribution in [0.2, 0.25) is 0 Å². The molecule has 1 atom stereocenters. The fraction of sp³-hybridized carbons (Fsp3) is 0.462. The van der Waals surface area contributed by atoms with Crippen LogP contribution in [0.1, 0.15) is 17.3 Å². The number of carbonyl (C=O) groups is 2. The molecule has 20 heavy (non-hydrogen) atoms. The number of hydrogen-bond acceptors (Lipinski definition) is 5. The maximum absolute atomic E-state index is 12.4. The van der Waals surface area contributed by atoms with E-state index in [1.807, 2.05) is 6.92 Å². The van der Waals surface area contributed by atoms with Gasteiger partial charge in [0.15, 0.2) is 0 Å². The van der Waals surface area contributed by atoms with Crippen LogP contribution in [0.5, 0.6) is 0 Å². The van der Waals surface area contributed by atoms with E-state index >= 15 is 0 Å². The molecule has 1 unspecified atom stereocenters. The molecular weight excluding hydrogens is 262 g/mol. The number of nitrogens with one attached hydrogen (secondary N) is 2. The minimum absolute atomic E-state index is 0.189. The zero-order valence-corrected chi connectivity index (χ0v) is 11.2. The second-order valence-electron chi connectivity index (χ2n) is 4.46. The van der Waals surface area contributed by atoms with Gasteiger partial charge in [-0.05, 0) is 13.0 Å². The normalized spacial score (nSPS) is 18.6. The lowest BCUT2D eigenvalue weighted by molar-refractivity contribution is -0.126. The summed E-state index contributed by atoms with van der Waals surface area (Å²) in [6.07, 6.45) is 1.13. The van der Waals surface area contributed by atoms with Crippen LogP contribution in [0.25, 0.3) is 0 Å². The van der Waals surface area contributed by atoms with Gasteiger partial charge < -0.3 is 20.0 Å². The molecule has 108 valence electrons. The molecule has 2 N–H and O–H groups in total. The highest BCUT2D eigenvalue weighted by molar-refractivity contribution is 5.97. The second kappa shape index (κ2) is 6.33. The van der Waals surface area contributed by atoms with Crippen LogP contribution >= 0.6 is 0 Å². The average molecular weight is 279 g/mol. The molecule has 2 rings (SSSR count). The molecule has 0 aromatic carbocycles. The third-order valence-electron chi connectivity index (χ3n) is 3.11. The molecule has 0 bridgehead atoms. The summed E-state index contributed by atoms with van der Waals surface area (Å²) >= 11 is 0. The molecule has 1 aliphatic heterocycles. The lowest BCUT2D eigenvalue weighted by Crippen LogP contribution is -2.59. The number of nitrogens with zero attached hydrogens (tertiary/aromatic N) is 1. The van der Waals surface area contributed by atoms with Crippen LogP contribution in [-0.2, 0) is 4.79 Å². The zero-order chi connectivity index (χ0) is 14.5. The molecule has 7 nitrogen and oxygen atoms in total. The predicted molar refractivity (Wildman–Crippen MR) is 71.4 cm³/mol. The molecule has 0 spiro atoms. The van der Waals surface area contributed by atoms with Crippen LogP contribution in [0.4, 0.5) is 0 Å². The number of hydrogen-bond donors (Lipinski definition) is 2. The van der Waals surface area contributed by atoms with Gasteiger partial charge in [-0.3, -0.25) is 9.59 Å². The number of amides is 2. The molecule has 0 saturated carbocycles. The van der Waals surface area contributed by atoms with Gasteiger partial charge in [-0.15, -0.1) is 0 Å². The van der Waals surface area contributed by atoms with E-state index in [1.165, 1.54) is 17.0 Å². The minimum Gasteiger partial charge on any atom is -0.430 e. The van der Waals surface area contributed by atoms with Gasteiger partial charge in [-0.2, -0.15) is 0 Å². The van der Waals surface area contributed by atoms with Crippen molar-refractivity contribution >= 4 is 11.8 Å². The largest absolute Gasteiger partial charge is 0.430 e. The van der Waals surface area contributed by atoms with E-state index in [-0.39, 0.29) is 17.4 Å². The van der Waals surface area contributed by atoms with Crippen molar-refractivity contribution in [1.82, 2.24) is 15.5 Å². The smallest absolute Gasteiger partial charge is 0.335 e. The third-order valence-corrected chi connectivity index (χ3v) is 3.11. The molecule has 1 saturated heterocycles. The highest BCUT2D eigenvalue weighted by atomic mass is 16.4. The number of carbonyl (C=O) groups excluding carboxylic acids is 2. The van der Waals surface area contributed by atoms with Crippen molar-refractivity contribution in [3.8, 4) is 0 Å². The van der Waals surface area contributed by atoms with E-state index in [9.17, 15) is 14.4 Å². The van der Waals surface area contributed by atoms with Gasteiger partial charge in [0.1, 0.15) is 12.3 Å². The molecule has 2 heterocycles. The van der Waals surface area contributed by atoms with Gasteiger partial charge in [-0.25, -0.2) is 4.79 Å². The van der Waals surface area contributed by atoms with Crippen molar-refractivity contribution in [3.05, 3.63) is 34.4 Å². The molecule has 0 aliphatic carbocycles. The fourth-order valence-corrected chi connectivity index (χ4v) is 2.12. The van der Waals surface area contributed by atoms with E-state index in [4.69, 9.17) is 4.42 Å². The van der Waals surface area contributed by atoms with E-state index < -0.39 is 11.7 Å². The molecule has 1 fully saturated rings. The van der Waals surface area contributed by atoms with E-state index in [1.54, 1.807) is 0 Å². The third kappa shape index (κ3) is 3.05. The zero-order valence-electron chi connectivity index (χ0n) is 11.2. The fourth-order valence-electron chi connectivity index (χ4n) is 2.12. The van der Waals surface area contributed by atoms with Crippen molar-refractivity contribution in [2.75, 3.05) is 26.2 Å². The Hall–Kier alpha value is -2.15. The van der Waals surface area contributed by atoms with Crippen molar-refractivity contribution < 1.29 is 14.0 Å². The maximum atomic E-state index is 12.4. The summed E-state index contributed by atoms with van der Waals surface area (Å²) in [4.78, 5) is 36.8. The summed E-state index contributed by atoms with van der Waals surface area (Å²) in [5, 5.41) is 5.81. The highest BCUT2D eigenvalue weighted by Gasteiger charge is 2.32. The Morgan fingerprint density at radius 3 is 2.95 bits per heavy atom. The predicted octanol–water partition coefficient (Wildman–Crippen LogP) is -0.810. The second-order valence-corrected chi connectivity index (χ2v) is 4.46. The van der Waals surface area contributed by atoms with E-state index in [0.717, 1.165) is 6.26 Å². The van der Waals surface area contributed by atoms with Gasteiger partial charge in [0.2, 0.25) is 5.91 Å². The lowest BCUT2D eigenvalue weighted by atomic mass is 10.1. The summed E-state index contributed by atoms with van der Waals surface area (Å²) in [5.74, 6) is -0.503. The van der Waals surface area contributed by atoms with Crippen molar-refractivity contribution in [1.29, 1.82) is 0 Å². The quantitative estimate of drug-likeness (QED) is 0.755. The Morgan fingerprint density at radius 2 is 2.30 bits per heavy atom. The summed E-state index contributed by atoms with van der Waals surface area (Å²) in [5.41, 5.74) is -0.247. The van der Waals surface area contributed by atoms with E-state index in [0.29, 0.717) is 26.2 Å². The highest BCUT2D eigenvalue weighted by Crippen LogP contribution is 2.10. The molecule has 2 amide bonds. The van der Waals surface area contributed by atoms with Crippen molar-refractivity contribution in [2.24, 2.45) is 0 Å². The standard InChI is InChI=1S/C13H17N3O4/c1-2-15-12(18)10-7-14-5-6-16(10)13(19)9-3-4-11(17)20-8-9/h3-4,8,10,14H,2,5-7H2,1H3,(H,15,18). The van der Waals surface area contributed by atoms with Crippen LogP contribution in [0.15, 0.2) is 27.6 Å². The minimum atomic E-state index is -0.553. The Balaban J connectivity index is 2.18. The Kier molecular flexibility index (Phi) is 4.52.